The Morgan fingerprint density at radius 3 is 2.32 bits per heavy atom. The van der Waals surface area contributed by atoms with Crippen LogP contribution in [-0.2, 0) is 0 Å². The topological polar surface area (TPSA) is 66.4 Å². The van der Waals surface area contributed by atoms with Crippen molar-refractivity contribution in [2.24, 2.45) is 0 Å². The number of carboxylic acids is 1. The molecule has 22 heavy (non-hydrogen) atoms. The van der Waals surface area contributed by atoms with Crippen molar-refractivity contribution in [1.82, 2.24) is 0 Å². The van der Waals surface area contributed by atoms with Gasteiger partial charge in [0.05, 0.1) is 5.56 Å². The Morgan fingerprint density at radius 2 is 1.73 bits per heavy atom. The van der Waals surface area contributed by atoms with E-state index in [9.17, 15) is 9.59 Å². The molecular weight excluding hydrogens is 302 g/mol. The number of ketones is 1. The lowest BCUT2D eigenvalue weighted by Gasteiger charge is -2.06. The van der Waals surface area contributed by atoms with Gasteiger partial charge in [0, 0.05) is 28.5 Å². The Balaban J connectivity index is 2.04. The molecule has 0 radical (unpaired) electrons. The van der Waals surface area contributed by atoms with Gasteiger partial charge in [-0.1, -0.05) is 11.6 Å². The maximum Gasteiger partial charge on any atom is 0.335 e. The lowest BCUT2D eigenvalue weighted by Crippen LogP contribution is -2.00. The second-order valence-electron chi connectivity index (χ2n) is 4.68. The average Bonchev–Trinajstić information content (AvgIpc) is 2.49. The molecule has 0 heterocycles. The summed E-state index contributed by atoms with van der Waals surface area (Å²) in [6.45, 7) is 1.80. The van der Waals surface area contributed by atoms with Crippen molar-refractivity contribution in [1.29, 1.82) is 0 Å². The zero-order valence-electron chi connectivity index (χ0n) is 11.8. The Morgan fingerprint density at radius 1 is 1.09 bits per heavy atom. The van der Waals surface area contributed by atoms with Crippen LogP contribution >= 0.6 is 11.6 Å². The maximum atomic E-state index is 11.9. The van der Waals surface area contributed by atoms with Gasteiger partial charge in [-0.25, -0.2) is 4.79 Å². The number of carboxylic acid groups (broad SMARTS) is 1. The van der Waals surface area contributed by atoms with Gasteiger partial charge in [-0.3, -0.25) is 4.79 Å². The molecule has 0 saturated carbocycles. The summed E-state index contributed by atoms with van der Waals surface area (Å²) >= 11 is 5.77. The minimum absolute atomic E-state index is 0.149. The molecule has 0 amide bonds. The van der Waals surface area contributed by atoms with Crippen LogP contribution in [0, 0.1) is 6.92 Å². The summed E-state index contributed by atoms with van der Waals surface area (Å²) in [5, 5.41) is 12.5. The molecule has 0 fully saturated rings. The van der Waals surface area contributed by atoms with E-state index in [0.29, 0.717) is 10.6 Å². The summed E-state index contributed by atoms with van der Waals surface area (Å²) in [6.07, 6.45) is 2.94. The molecule has 0 aliphatic rings. The van der Waals surface area contributed by atoms with E-state index in [1.54, 1.807) is 43.3 Å². The van der Waals surface area contributed by atoms with Gasteiger partial charge in [-0.2, -0.15) is 0 Å². The van der Waals surface area contributed by atoms with Crippen LogP contribution in [-0.4, -0.2) is 16.9 Å². The quantitative estimate of drug-likeness (QED) is 0.642. The number of aryl methyl sites for hydroxylation is 1. The molecule has 0 spiro atoms. The molecule has 0 saturated heterocycles. The van der Waals surface area contributed by atoms with Gasteiger partial charge in [-0.15, -0.1) is 0 Å². The third-order valence-electron chi connectivity index (χ3n) is 3.08. The summed E-state index contributed by atoms with van der Waals surface area (Å²) in [5.74, 6) is -1.12. The highest BCUT2D eigenvalue weighted by Gasteiger charge is 2.05. The van der Waals surface area contributed by atoms with Gasteiger partial charge in [0.25, 0.3) is 0 Å². The molecule has 0 aliphatic heterocycles. The minimum atomic E-state index is -0.969. The first-order valence-corrected chi connectivity index (χ1v) is 6.92. The molecule has 5 heteroatoms. The van der Waals surface area contributed by atoms with Gasteiger partial charge >= 0.3 is 5.97 Å². The fraction of sp³-hybridized carbons (Fsp3) is 0.0588. The van der Waals surface area contributed by atoms with Crippen LogP contribution in [0.2, 0.25) is 5.02 Å². The van der Waals surface area contributed by atoms with Crippen LogP contribution in [0.25, 0.3) is 0 Å². The van der Waals surface area contributed by atoms with Gasteiger partial charge in [0.15, 0.2) is 5.78 Å². The van der Waals surface area contributed by atoms with Gasteiger partial charge in [0.1, 0.15) is 0 Å². The Bertz CT molecular complexity index is 736. The molecule has 2 N–H and O–H groups in total. The second-order valence-corrected chi connectivity index (χ2v) is 5.12. The number of benzene rings is 2. The molecule has 2 aromatic carbocycles. The highest BCUT2D eigenvalue weighted by molar-refractivity contribution is 6.30. The number of hydrogen-bond acceptors (Lipinski definition) is 3. The fourth-order valence-corrected chi connectivity index (χ4v) is 2.00. The molecule has 0 atom stereocenters. The third-order valence-corrected chi connectivity index (χ3v) is 3.33. The number of halogens is 1. The van der Waals surface area contributed by atoms with Crippen LogP contribution in [0.1, 0.15) is 26.3 Å². The van der Waals surface area contributed by atoms with E-state index in [0.717, 1.165) is 11.3 Å². The molecule has 0 aliphatic carbocycles. The van der Waals surface area contributed by atoms with Gasteiger partial charge in [-0.05, 0) is 55.0 Å². The summed E-state index contributed by atoms with van der Waals surface area (Å²) < 4.78 is 0. The lowest BCUT2D eigenvalue weighted by molar-refractivity contribution is 0.0696. The van der Waals surface area contributed by atoms with Gasteiger partial charge in [0.2, 0.25) is 0 Å². The normalized spacial score (nSPS) is 10.6. The number of hydrogen-bond donors (Lipinski definition) is 2. The van der Waals surface area contributed by atoms with Crippen molar-refractivity contribution in [3.05, 3.63) is 76.5 Å². The Labute approximate surface area is 133 Å². The number of aromatic carboxylic acids is 1. The number of nitrogens with one attached hydrogen (secondary N) is 1. The zero-order valence-corrected chi connectivity index (χ0v) is 12.6. The van der Waals surface area contributed by atoms with E-state index in [1.165, 1.54) is 18.3 Å². The van der Waals surface area contributed by atoms with Crippen molar-refractivity contribution in [3.63, 3.8) is 0 Å². The highest BCUT2D eigenvalue weighted by atomic mass is 35.5. The van der Waals surface area contributed by atoms with Crippen molar-refractivity contribution < 1.29 is 14.7 Å². The summed E-state index contributed by atoms with van der Waals surface area (Å²) in [5.41, 5.74) is 2.29. The predicted molar refractivity (Wildman–Crippen MR) is 86.7 cm³/mol. The molecule has 0 aromatic heterocycles. The Kier molecular flexibility index (Phi) is 4.96. The van der Waals surface area contributed by atoms with Crippen LogP contribution in [0.4, 0.5) is 5.69 Å². The standard InChI is InChI=1S/C17H14ClNO3/c1-11-10-13(17(21)22)4-7-15(11)19-9-8-16(20)12-2-5-14(18)6-3-12/h2-10,19H,1H3,(H,21,22)/b9-8+. The number of carbonyl (C=O) groups excluding carboxylic acids is 1. The lowest BCUT2D eigenvalue weighted by atomic mass is 10.1. The summed E-state index contributed by atoms with van der Waals surface area (Å²) in [4.78, 5) is 22.8. The fourth-order valence-electron chi connectivity index (χ4n) is 1.88. The number of carbonyl (C=O) groups is 2. The second kappa shape index (κ2) is 6.91. The van der Waals surface area contributed by atoms with E-state index < -0.39 is 5.97 Å². The maximum absolute atomic E-state index is 11.9. The van der Waals surface area contributed by atoms with Crippen LogP contribution in [0.3, 0.4) is 0 Å². The van der Waals surface area contributed by atoms with E-state index in [-0.39, 0.29) is 11.3 Å². The molecule has 0 unspecified atom stereocenters. The number of rotatable bonds is 5. The summed E-state index contributed by atoms with van der Waals surface area (Å²) in [7, 11) is 0. The Hall–Kier alpha value is -2.59. The average molecular weight is 316 g/mol. The number of allylic oxidation sites excluding steroid dienone is 1. The van der Waals surface area contributed by atoms with Crippen LogP contribution < -0.4 is 5.32 Å². The molecule has 2 rings (SSSR count). The molecule has 4 nitrogen and oxygen atoms in total. The van der Waals surface area contributed by atoms with E-state index in [1.807, 2.05) is 0 Å². The molecular formula is C17H14ClNO3. The smallest absolute Gasteiger partial charge is 0.335 e. The first kappa shape index (κ1) is 15.8. The van der Waals surface area contributed by atoms with Crippen LogP contribution in [0.5, 0.6) is 0 Å². The monoisotopic (exact) mass is 315 g/mol. The molecule has 0 bridgehead atoms. The van der Waals surface area contributed by atoms with E-state index in [4.69, 9.17) is 16.7 Å². The highest BCUT2D eigenvalue weighted by Crippen LogP contribution is 2.17. The van der Waals surface area contributed by atoms with E-state index in [2.05, 4.69) is 5.32 Å². The molecule has 112 valence electrons. The summed E-state index contributed by atoms with van der Waals surface area (Å²) in [6, 6.07) is 11.4. The number of anilines is 1. The largest absolute Gasteiger partial charge is 0.478 e. The van der Waals surface area contributed by atoms with Crippen LogP contribution in [0.15, 0.2) is 54.7 Å². The third kappa shape index (κ3) is 3.96. The van der Waals surface area contributed by atoms with Gasteiger partial charge < -0.3 is 10.4 Å². The first-order valence-electron chi connectivity index (χ1n) is 6.54. The predicted octanol–water partition coefficient (Wildman–Crippen LogP) is 4.16. The minimum Gasteiger partial charge on any atom is -0.478 e. The van der Waals surface area contributed by atoms with Crippen molar-refractivity contribution in [3.8, 4) is 0 Å². The van der Waals surface area contributed by atoms with E-state index >= 15 is 0 Å². The van der Waals surface area contributed by atoms with Crippen molar-refractivity contribution in [2.45, 2.75) is 6.92 Å². The molecule has 2 aromatic rings. The van der Waals surface area contributed by atoms with Crippen molar-refractivity contribution >= 4 is 29.0 Å². The SMILES string of the molecule is Cc1cc(C(=O)O)ccc1N/C=C/C(=O)c1ccc(Cl)cc1. The first-order chi connectivity index (χ1) is 10.5. The zero-order chi connectivity index (χ0) is 16.1. The van der Waals surface area contributed by atoms with Crippen molar-refractivity contribution in [2.75, 3.05) is 5.32 Å².